The van der Waals surface area contributed by atoms with Crippen LogP contribution in [0.3, 0.4) is 0 Å². The lowest BCUT2D eigenvalue weighted by molar-refractivity contribution is -0.119. The Balaban J connectivity index is 0.00000144. The molecule has 0 heterocycles. The van der Waals surface area contributed by atoms with Gasteiger partial charge < -0.3 is 17.1 Å². The summed E-state index contributed by atoms with van der Waals surface area (Å²) in [4.78, 5) is 0. The smallest absolute Gasteiger partial charge is 0.276 e. The molecule has 0 saturated carbocycles. The van der Waals surface area contributed by atoms with Crippen molar-refractivity contribution in [2.24, 2.45) is 5.73 Å². The van der Waals surface area contributed by atoms with Crippen LogP contribution in [-0.4, -0.2) is 12.4 Å². The minimum absolute atomic E-state index is 0. The second-order valence-electron chi connectivity index (χ2n) is 2.32. The van der Waals surface area contributed by atoms with Gasteiger partial charge in [-0.3, -0.25) is 11.1 Å². The SMILES string of the molecule is NC(=[NH2+])COc1ccc(Cl)cc1.[Cl-]. The Morgan fingerprint density at radius 1 is 1.38 bits per heavy atom. The van der Waals surface area contributed by atoms with E-state index in [2.05, 4.69) is 0 Å². The molecular formula is C8H10Cl2N2O. The molecule has 0 fully saturated rings. The summed E-state index contributed by atoms with van der Waals surface area (Å²) in [7, 11) is 0. The molecule has 0 radical (unpaired) electrons. The Morgan fingerprint density at radius 3 is 2.38 bits per heavy atom. The van der Waals surface area contributed by atoms with E-state index in [1.165, 1.54) is 0 Å². The Labute approximate surface area is 87.8 Å². The van der Waals surface area contributed by atoms with Crippen molar-refractivity contribution in [3.8, 4) is 5.75 Å². The monoisotopic (exact) mass is 220 g/mol. The first-order valence-electron chi connectivity index (χ1n) is 3.43. The molecule has 0 spiro atoms. The van der Waals surface area contributed by atoms with Crippen LogP contribution in [-0.2, 0) is 0 Å². The van der Waals surface area contributed by atoms with Crippen LogP contribution < -0.4 is 28.3 Å². The highest BCUT2D eigenvalue weighted by molar-refractivity contribution is 6.30. The first kappa shape index (κ1) is 12.1. The van der Waals surface area contributed by atoms with Crippen LogP contribution in [0.15, 0.2) is 24.3 Å². The summed E-state index contributed by atoms with van der Waals surface area (Å²) in [5, 5.41) is 5.89. The lowest BCUT2D eigenvalue weighted by Crippen LogP contribution is -3.00. The molecule has 0 aromatic heterocycles. The van der Waals surface area contributed by atoms with E-state index in [9.17, 15) is 0 Å². The molecule has 72 valence electrons. The summed E-state index contributed by atoms with van der Waals surface area (Å²) >= 11 is 5.66. The van der Waals surface area contributed by atoms with Crippen molar-refractivity contribution in [1.82, 2.24) is 0 Å². The largest absolute Gasteiger partial charge is 1.00 e. The second kappa shape index (κ2) is 5.67. The zero-order chi connectivity index (χ0) is 8.97. The molecule has 0 aliphatic heterocycles. The number of nitrogens with two attached hydrogens (primary N) is 2. The fraction of sp³-hybridized carbons (Fsp3) is 0.125. The molecule has 1 aromatic carbocycles. The summed E-state index contributed by atoms with van der Waals surface area (Å²) in [6.45, 7) is 0.224. The molecule has 0 bridgehead atoms. The molecule has 3 nitrogen and oxygen atoms in total. The van der Waals surface area contributed by atoms with Gasteiger partial charge in [-0.25, -0.2) is 0 Å². The highest BCUT2D eigenvalue weighted by Crippen LogP contribution is 2.14. The molecule has 0 atom stereocenters. The minimum Gasteiger partial charge on any atom is -1.00 e. The first-order valence-corrected chi connectivity index (χ1v) is 3.81. The van der Waals surface area contributed by atoms with Crippen LogP contribution in [0.4, 0.5) is 0 Å². The molecule has 1 rings (SSSR count). The van der Waals surface area contributed by atoms with Crippen LogP contribution in [0.5, 0.6) is 5.75 Å². The predicted octanol–water partition coefficient (Wildman–Crippen LogP) is -3.16. The molecule has 1 aromatic rings. The van der Waals surface area contributed by atoms with Gasteiger partial charge in [-0.15, -0.1) is 0 Å². The van der Waals surface area contributed by atoms with Crippen LogP contribution in [0.2, 0.25) is 5.02 Å². The summed E-state index contributed by atoms with van der Waals surface area (Å²) in [5.41, 5.74) is 5.21. The quantitative estimate of drug-likeness (QED) is 0.418. The number of rotatable bonds is 3. The fourth-order valence-corrected chi connectivity index (χ4v) is 0.823. The molecule has 0 aliphatic rings. The summed E-state index contributed by atoms with van der Waals surface area (Å²) in [5.74, 6) is 0.956. The molecule has 0 unspecified atom stereocenters. The Bertz CT molecular complexity index is 274. The van der Waals surface area contributed by atoms with E-state index in [0.717, 1.165) is 0 Å². The predicted molar refractivity (Wildman–Crippen MR) is 48.1 cm³/mol. The van der Waals surface area contributed by atoms with E-state index in [0.29, 0.717) is 10.8 Å². The normalized spacial score (nSPS) is 8.69. The number of benzene rings is 1. The van der Waals surface area contributed by atoms with E-state index >= 15 is 0 Å². The van der Waals surface area contributed by atoms with Gasteiger partial charge in [0.1, 0.15) is 5.75 Å². The van der Waals surface area contributed by atoms with Crippen molar-refractivity contribution in [2.45, 2.75) is 0 Å². The van der Waals surface area contributed by atoms with E-state index < -0.39 is 0 Å². The van der Waals surface area contributed by atoms with Gasteiger partial charge in [0.15, 0.2) is 6.61 Å². The van der Waals surface area contributed by atoms with Crippen LogP contribution >= 0.6 is 11.6 Å². The maximum Gasteiger partial charge on any atom is 0.276 e. The number of hydrogen-bond donors (Lipinski definition) is 2. The Hall–Kier alpha value is -0.930. The van der Waals surface area contributed by atoms with Crippen LogP contribution in [0.25, 0.3) is 0 Å². The number of ether oxygens (including phenoxy) is 1. The molecule has 0 aliphatic carbocycles. The third-order valence-corrected chi connectivity index (χ3v) is 1.47. The van der Waals surface area contributed by atoms with Gasteiger partial charge in [0.25, 0.3) is 5.84 Å². The summed E-state index contributed by atoms with van der Waals surface area (Å²) in [6, 6.07) is 6.99. The molecule has 4 N–H and O–H groups in total. The molecule has 13 heavy (non-hydrogen) atoms. The molecule has 0 saturated heterocycles. The Kier molecular flexibility index (Phi) is 5.26. The zero-order valence-electron chi connectivity index (χ0n) is 6.84. The average molecular weight is 221 g/mol. The third-order valence-electron chi connectivity index (χ3n) is 1.22. The van der Waals surface area contributed by atoms with Gasteiger partial charge >= 0.3 is 0 Å². The van der Waals surface area contributed by atoms with Crippen molar-refractivity contribution in [3.63, 3.8) is 0 Å². The van der Waals surface area contributed by atoms with E-state index in [4.69, 9.17) is 27.5 Å². The second-order valence-corrected chi connectivity index (χ2v) is 2.75. The van der Waals surface area contributed by atoms with E-state index in [1.54, 1.807) is 24.3 Å². The van der Waals surface area contributed by atoms with Gasteiger partial charge in [0.2, 0.25) is 0 Å². The van der Waals surface area contributed by atoms with Gasteiger partial charge in [0, 0.05) is 5.02 Å². The maximum atomic E-state index is 5.66. The molecule has 5 heteroatoms. The number of hydrogen-bond acceptors (Lipinski definition) is 1. The lowest BCUT2D eigenvalue weighted by Gasteiger charge is -2.01. The topological polar surface area (TPSA) is 60.8 Å². The van der Waals surface area contributed by atoms with Crippen molar-refractivity contribution >= 4 is 17.4 Å². The number of amidine groups is 1. The van der Waals surface area contributed by atoms with Crippen molar-refractivity contribution < 1.29 is 22.6 Å². The minimum atomic E-state index is 0. The fourth-order valence-electron chi connectivity index (χ4n) is 0.697. The van der Waals surface area contributed by atoms with Crippen LogP contribution in [0, 0.1) is 0 Å². The van der Waals surface area contributed by atoms with Crippen molar-refractivity contribution in [1.29, 1.82) is 0 Å². The highest BCUT2D eigenvalue weighted by atomic mass is 35.5. The van der Waals surface area contributed by atoms with Crippen molar-refractivity contribution in [2.75, 3.05) is 6.61 Å². The van der Waals surface area contributed by atoms with Gasteiger partial charge in [0.05, 0.1) is 0 Å². The van der Waals surface area contributed by atoms with Crippen molar-refractivity contribution in [3.05, 3.63) is 29.3 Å². The Morgan fingerprint density at radius 2 is 1.92 bits per heavy atom. The highest BCUT2D eigenvalue weighted by Gasteiger charge is 1.97. The van der Waals surface area contributed by atoms with Gasteiger partial charge in [-0.05, 0) is 24.3 Å². The standard InChI is InChI=1S/C8H9ClN2O.ClH/c9-6-1-3-7(4-2-6)12-5-8(10)11;/h1-4H,5H2,(H3,10,11);1H. The summed E-state index contributed by atoms with van der Waals surface area (Å²) < 4.78 is 5.18. The molecule has 0 amide bonds. The number of halogens is 2. The van der Waals surface area contributed by atoms with Gasteiger partial charge in [-0.2, -0.15) is 0 Å². The molecular weight excluding hydrogens is 211 g/mol. The summed E-state index contributed by atoms with van der Waals surface area (Å²) in [6.07, 6.45) is 0. The van der Waals surface area contributed by atoms with Crippen LogP contribution in [0.1, 0.15) is 0 Å². The lowest BCUT2D eigenvalue weighted by atomic mass is 10.3. The zero-order valence-corrected chi connectivity index (χ0v) is 8.35. The maximum absolute atomic E-state index is 5.66. The van der Waals surface area contributed by atoms with E-state index in [-0.39, 0.29) is 24.8 Å². The first-order chi connectivity index (χ1) is 5.68. The van der Waals surface area contributed by atoms with Gasteiger partial charge in [-0.1, -0.05) is 11.6 Å². The third kappa shape index (κ3) is 4.60. The van der Waals surface area contributed by atoms with E-state index in [1.807, 2.05) is 0 Å². The average Bonchev–Trinajstić information content (AvgIpc) is 2.03.